The molecule has 1 amide bonds. The summed E-state index contributed by atoms with van der Waals surface area (Å²) in [6, 6.07) is 11.3. The molecule has 5 nitrogen and oxygen atoms in total. The maximum Gasteiger partial charge on any atom is 0.252 e. The van der Waals surface area contributed by atoms with Gasteiger partial charge < -0.3 is 10.1 Å². The van der Waals surface area contributed by atoms with E-state index in [4.69, 9.17) is 4.74 Å². The van der Waals surface area contributed by atoms with Gasteiger partial charge in [0.25, 0.3) is 5.91 Å². The first-order valence-electron chi connectivity index (χ1n) is 7.97. The smallest absolute Gasteiger partial charge is 0.252 e. The Kier molecular flexibility index (Phi) is 5.73. The fourth-order valence-electron chi connectivity index (χ4n) is 2.56. The van der Waals surface area contributed by atoms with Crippen LogP contribution in [-0.2, 0) is 4.74 Å². The molecule has 0 aliphatic rings. The third-order valence-electron chi connectivity index (χ3n) is 3.78. The quantitative estimate of drug-likeness (QED) is 0.639. The monoisotopic (exact) mass is 399 g/mol. The zero-order chi connectivity index (χ0) is 17.6. The van der Waals surface area contributed by atoms with Crippen molar-refractivity contribution < 1.29 is 9.53 Å². The second-order valence-electron chi connectivity index (χ2n) is 5.56. The van der Waals surface area contributed by atoms with Crippen LogP contribution in [0.2, 0.25) is 0 Å². The van der Waals surface area contributed by atoms with Crippen molar-refractivity contribution in [2.24, 2.45) is 0 Å². The lowest BCUT2D eigenvalue weighted by Crippen LogP contribution is -2.25. The van der Waals surface area contributed by atoms with Crippen LogP contribution in [0, 0.1) is 0 Å². The van der Waals surface area contributed by atoms with Crippen LogP contribution in [0.3, 0.4) is 0 Å². The average Bonchev–Trinajstić information content (AvgIpc) is 2.65. The van der Waals surface area contributed by atoms with Gasteiger partial charge in [0.15, 0.2) is 0 Å². The second-order valence-corrected chi connectivity index (χ2v) is 6.48. The van der Waals surface area contributed by atoms with Crippen molar-refractivity contribution in [1.29, 1.82) is 0 Å². The Morgan fingerprint density at radius 2 is 2.16 bits per heavy atom. The second kappa shape index (κ2) is 8.18. The van der Waals surface area contributed by atoms with Gasteiger partial charge in [-0.15, -0.1) is 0 Å². The predicted molar refractivity (Wildman–Crippen MR) is 102 cm³/mol. The number of nitrogens with one attached hydrogen (secondary N) is 1. The van der Waals surface area contributed by atoms with Gasteiger partial charge in [0.05, 0.1) is 16.8 Å². The average molecular weight is 400 g/mol. The largest absolute Gasteiger partial charge is 0.385 e. The van der Waals surface area contributed by atoms with Gasteiger partial charge in [0.2, 0.25) is 0 Å². The SMILES string of the molecule is COCCCNC(=O)c1cc(-c2cccnc2)nc2ccc(Br)cc12. The summed E-state index contributed by atoms with van der Waals surface area (Å²) in [6.45, 7) is 1.18. The summed E-state index contributed by atoms with van der Waals surface area (Å²) in [4.78, 5) is 21.5. The van der Waals surface area contributed by atoms with Crippen molar-refractivity contribution in [3.8, 4) is 11.3 Å². The zero-order valence-corrected chi connectivity index (χ0v) is 15.4. The van der Waals surface area contributed by atoms with E-state index in [9.17, 15) is 4.79 Å². The van der Waals surface area contributed by atoms with Crippen LogP contribution in [0.5, 0.6) is 0 Å². The molecule has 0 fully saturated rings. The molecule has 3 rings (SSSR count). The maximum atomic E-state index is 12.7. The molecule has 1 aromatic carbocycles. The van der Waals surface area contributed by atoms with Crippen LogP contribution in [0.1, 0.15) is 16.8 Å². The standard InChI is InChI=1S/C19H18BrN3O2/c1-25-9-3-8-22-19(24)16-11-18(13-4-2-7-21-12-13)23-17-6-5-14(20)10-15(16)17/h2,4-7,10-12H,3,8-9H2,1H3,(H,22,24). The summed E-state index contributed by atoms with van der Waals surface area (Å²) < 4.78 is 5.92. The summed E-state index contributed by atoms with van der Waals surface area (Å²) in [6.07, 6.45) is 4.22. The molecule has 0 bridgehead atoms. The van der Waals surface area contributed by atoms with E-state index in [1.165, 1.54) is 0 Å². The third-order valence-corrected chi connectivity index (χ3v) is 4.28. The number of methoxy groups -OCH3 is 1. The summed E-state index contributed by atoms with van der Waals surface area (Å²) in [7, 11) is 1.65. The number of hydrogen-bond acceptors (Lipinski definition) is 4. The minimum absolute atomic E-state index is 0.119. The zero-order valence-electron chi connectivity index (χ0n) is 13.8. The first kappa shape index (κ1) is 17.5. The van der Waals surface area contributed by atoms with Crippen LogP contribution in [0.25, 0.3) is 22.2 Å². The van der Waals surface area contributed by atoms with E-state index in [0.29, 0.717) is 18.7 Å². The molecule has 0 radical (unpaired) electrons. The summed E-state index contributed by atoms with van der Waals surface area (Å²) in [5.41, 5.74) is 2.97. The van der Waals surface area contributed by atoms with E-state index in [1.807, 2.05) is 36.4 Å². The van der Waals surface area contributed by atoms with Gasteiger partial charge in [-0.1, -0.05) is 15.9 Å². The lowest BCUT2D eigenvalue weighted by Gasteiger charge is -2.11. The molecule has 0 saturated heterocycles. The van der Waals surface area contributed by atoms with Crippen molar-refractivity contribution in [2.75, 3.05) is 20.3 Å². The van der Waals surface area contributed by atoms with E-state index in [0.717, 1.165) is 33.1 Å². The minimum Gasteiger partial charge on any atom is -0.385 e. The molecule has 6 heteroatoms. The molecule has 0 unspecified atom stereocenters. The van der Waals surface area contributed by atoms with Crippen molar-refractivity contribution in [1.82, 2.24) is 15.3 Å². The van der Waals surface area contributed by atoms with Crippen LogP contribution in [0.15, 0.2) is 53.3 Å². The molecule has 2 heterocycles. The lowest BCUT2D eigenvalue weighted by atomic mass is 10.0. The van der Waals surface area contributed by atoms with Crippen molar-refractivity contribution in [2.45, 2.75) is 6.42 Å². The highest BCUT2D eigenvalue weighted by atomic mass is 79.9. The fraction of sp³-hybridized carbons (Fsp3) is 0.211. The number of nitrogens with zero attached hydrogens (tertiary/aromatic N) is 2. The highest BCUT2D eigenvalue weighted by Crippen LogP contribution is 2.26. The summed E-state index contributed by atoms with van der Waals surface area (Å²) >= 11 is 3.47. The molecule has 25 heavy (non-hydrogen) atoms. The molecule has 0 saturated carbocycles. The number of benzene rings is 1. The van der Waals surface area contributed by atoms with Gasteiger partial charge in [-0.2, -0.15) is 0 Å². The van der Waals surface area contributed by atoms with Crippen LogP contribution in [0.4, 0.5) is 0 Å². The predicted octanol–water partition coefficient (Wildman–Crippen LogP) is 3.83. The third kappa shape index (κ3) is 4.21. The molecular formula is C19H18BrN3O2. The molecule has 128 valence electrons. The number of ether oxygens (including phenoxy) is 1. The van der Waals surface area contributed by atoms with Crippen LogP contribution < -0.4 is 5.32 Å². The first-order valence-corrected chi connectivity index (χ1v) is 8.76. The number of carbonyl (C=O) groups is 1. The summed E-state index contributed by atoms with van der Waals surface area (Å²) in [5.74, 6) is -0.119. The Balaban J connectivity index is 2.01. The Hall–Kier alpha value is -2.31. The Morgan fingerprint density at radius 3 is 2.92 bits per heavy atom. The number of pyridine rings is 2. The topological polar surface area (TPSA) is 64.1 Å². The Bertz CT molecular complexity index is 884. The van der Waals surface area contributed by atoms with Gasteiger partial charge >= 0.3 is 0 Å². The lowest BCUT2D eigenvalue weighted by molar-refractivity contribution is 0.0950. The molecule has 0 spiro atoms. The van der Waals surface area contributed by atoms with Gasteiger partial charge in [-0.25, -0.2) is 4.98 Å². The fourth-order valence-corrected chi connectivity index (χ4v) is 2.92. The Labute approximate surface area is 154 Å². The van der Waals surface area contributed by atoms with Crippen LogP contribution >= 0.6 is 15.9 Å². The first-order chi connectivity index (χ1) is 12.2. The number of halogens is 1. The van der Waals surface area contributed by atoms with E-state index < -0.39 is 0 Å². The molecule has 0 aliphatic carbocycles. The molecular weight excluding hydrogens is 382 g/mol. The van der Waals surface area contributed by atoms with Gasteiger partial charge in [0, 0.05) is 48.1 Å². The molecule has 0 aliphatic heterocycles. The number of carbonyl (C=O) groups excluding carboxylic acids is 1. The van der Waals surface area contributed by atoms with Crippen LogP contribution in [-0.4, -0.2) is 36.1 Å². The number of amides is 1. The van der Waals surface area contributed by atoms with Gasteiger partial charge in [0.1, 0.15) is 0 Å². The highest BCUT2D eigenvalue weighted by molar-refractivity contribution is 9.10. The number of aromatic nitrogens is 2. The molecule has 3 aromatic rings. The van der Waals surface area contributed by atoms with E-state index in [2.05, 4.69) is 31.2 Å². The number of rotatable bonds is 6. The normalized spacial score (nSPS) is 10.8. The van der Waals surface area contributed by atoms with Gasteiger partial charge in [-0.05, 0) is 42.8 Å². The van der Waals surface area contributed by atoms with Gasteiger partial charge in [-0.3, -0.25) is 9.78 Å². The highest BCUT2D eigenvalue weighted by Gasteiger charge is 2.14. The molecule has 2 aromatic heterocycles. The van der Waals surface area contributed by atoms with Crippen molar-refractivity contribution in [3.05, 3.63) is 58.8 Å². The van der Waals surface area contributed by atoms with E-state index in [1.54, 1.807) is 19.5 Å². The Morgan fingerprint density at radius 1 is 1.28 bits per heavy atom. The summed E-state index contributed by atoms with van der Waals surface area (Å²) in [5, 5.41) is 3.76. The van der Waals surface area contributed by atoms with Crippen molar-refractivity contribution in [3.63, 3.8) is 0 Å². The van der Waals surface area contributed by atoms with E-state index in [-0.39, 0.29) is 5.91 Å². The van der Waals surface area contributed by atoms with Crippen molar-refractivity contribution >= 4 is 32.7 Å². The molecule has 1 N–H and O–H groups in total. The number of fused-ring (bicyclic) bond motifs is 1. The molecule has 0 atom stereocenters. The number of hydrogen-bond donors (Lipinski definition) is 1. The maximum absolute atomic E-state index is 12.7. The van der Waals surface area contributed by atoms with E-state index >= 15 is 0 Å². The minimum atomic E-state index is -0.119.